The molecule has 9 nitrogen and oxygen atoms in total. The number of aryl methyl sites for hydroxylation is 1. The number of sulfonamides is 1. The Labute approximate surface area is 197 Å². The van der Waals surface area contributed by atoms with Gasteiger partial charge in [0.25, 0.3) is 0 Å². The highest BCUT2D eigenvalue weighted by Crippen LogP contribution is 2.16. The predicted molar refractivity (Wildman–Crippen MR) is 126 cm³/mol. The number of carboxylic acid groups (broad SMARTS) is 1. The van der Waals surface area contributed by atoms with E-state index < -0.39 is 28.4 Å². The summed E-state index contributed by atoms with van der Waals surface area (Å²) >= 11 is 1.42. The minimum Gasteiger partial charge on any atom is -0.480 e. The lowest BCUT2D eigenvalue weighted by atomic mass is 10.2. The minimum absolute atomic E-state index is 0.0269. The number of hydrogen-bond acceptors (Lipinski definition) is 6. The molecular weight excluding hydrogens is 466 g/mol. The second kappa shape index (κ2) is 13.0. The summed E-state index contributed by atoms with van der Waals surface area (Å²) in [6.45, 7) is 0.489. The van der Waals surface area contributed by atoms with E-state index in [9.17, 15) is 22.8 Å². The summed E-state index contributed by atoms with van der Waals surface area (Å²) in [5.41, 5.74) is 1.96. The van der Waals surface area contributed by atoms with E-state index >= 15 is 0 Å². The van der Waals surface area contributed by atoms with Crippen molar-refractivity contribution in [1.29, 1.82) is 0 Å². The molecule has 2 aromatic rings. The standard InChI is InChI=1S/C22H27N3O6S2/c1-17-7-9-19(10-8-17)33(30,31)25(14-22(28)29)12-11-23-20(26)13-24-21(27)16-32-15-18-5-3-2-4-6-18/h2-10H,11-16H2,1H3,(H,23,26)(H,24,27)(H,28,29). The molecule has 0 fully saturated rings. The fraction of sp³-hybridized carbons (Fsp3) is 0.318. The summed E-state index contributed by atoms with van der Waals surface area (Å²) in [6.07, 6.45) is 0. The number of nitrogens with one attached hydrogen (secondary N) is 2. The molecule has 3 N–H and O–H groups in total. The zero-order valence-electron chi connectivity index (χ0n) is 18.2. The van der Waals surface area contributed by atoms with Crippen LogP contribution in [-0.4, -0.2) is 67.5 Å². The summed E-state index contributed by atoms with van der Waals surface area (Å²) in [4.78, 5) is 35.0. The fourth-order valence-electron chi connectivity index (χ4n) is 2.74. The van der Waals surface area contributed by atoms with Crippen molar-refractivity contribution >= 4 is 39.6 Å². The monoisotopic (exact) mass is 493 g/mol. The maximum absolute atomic E-state index is 12.8. The third kappa shape index (κ3) is 9.24. The molecule has 2 aromatic carbocycles. The number of nitrogens with zero attached hydrogens (tertiary/aromatic N) is 1. The third-order valence-electron chi connectivity index (χ3n) is 4.44. The van der Waals surface area contributed by atoms with Crippen LogP contribution in [0, 0.1) is 6.92 Å². The van der Waals surface area contributed by atoms with E-state index in [1.807, 2.05) is 37.3 Å². The number of benzene rings is 2. The number of hydrogen-bond donors (Lipinski definition) is 3. The van der Waals surface area contributed by atoms with E-state index in [2.05, 4.69) is 10.6 Å². The lowest BCUT2D eigenvalue weighted by Crippen LogP contribution is -2.43. The summed E-state index contributed by atoms with van der Waals surface area (Å²) < 4.78 is 26.3. The van der Waals surface area contributed by atoms with Crippen LogP contribution in [0.15, 0.2) is 59.5 Å². The number of amides is 2. The number of carboxylic acids is 1. The smallest absolute Gasteiger partial charge is 0.318 e. The number of carbonyl (C=O) groups is 3. The molecule has 0 radical (unpaired) electrons. The molecule has 0 heterocycles. The summed E-state index contributed by atoms with van der Waals surface area (Å²) in [5.74, 6) is -1.23. The highest BCUT2D eigenvalue weighted by atomic mass is 32.2. The van der Waals surface area contributed by atoms with Crippen LogP contribution < -0.4 is 10.6 Å². The van der Waals surface area contributed by atoms with Crippen LogP contribution in [-0.2, 0) is 30.2 Å². The van der Waals surface area contributed by atoms with Gasteiger partial charge in [0, 0.05) is 18.8 Å². The van der Waals surface area contributed by atoms with Gasteiger partial charge in [-0.2, -0.15) is 4.31 Å². The SMILES string of the molecule is Cc1ccc(S(=O)(=O)N(CCNC(=O)CNC(=O)CSCc2ccccc2)CC(=O)O)cc1. The van der Waals surface area contributed by atoms with Crippen molar-refractivity contribution in [2.24, 2.45) is 0 Å². The predicted octanol–water partition coefficient (Wildman–Crippen LogP) is 1.24. The molecule has 0 aromatic heterocycles. The van der Waals surface area contributed by atoms with Crippen molar-refractivity contribution in [3.8, 4) is 0 Å². The Morgan fingerprint density at radius 1 is 0.970 bits per heavy atom. The Kier molecular flexibility index (Phi) is 10.4. The lowest BCUT2D eigenvalue weighted by molar-refractivity contribution is -0.137. The Morgan fingerprint density at radius 3 is 2.27 bits per heavy atom. The van der Waals surface area contributed by atoms with E-state index in [-0.39, 0.29) is 36.2 Å². The van der Waals surface area contributed by atoms with Crippen molar-refractivity contribution < 1.29 is 27.9 Å². The van der Waals surface area contributed by atoms with Gasteiger partial charge in [-0.1, -0.05) is 48.0 Å². The van der Waals surface area contributed by atoms with Crippen LogP contribution in [0.5, 0.6) is 0 Å². The van der Waals surface area contributed by atoms with E-state index in [0.29, 0.717) is 5.75 Å². The van der Waals surface area contributed by atoms with Gasteiger partial charge < -0.3 is 15.7 Å². The van der Waals surface area contributed by atoms with Crippen molar-refractivity contribution in [3.63, 3.8) is 0 Å². The van der Waals surface area contributed by atoms with Gasteiger partial charge in [0.2, 0.25) is 21.8 Å². The molecule has 33 heavy (non-hydrogen) atoms. The van der Waals surface area contributed by atoms with E-state index in [1.165, 1.54) is 23.9 Å². The number of rotatable bonds is 13. The number of thioether (sulfide) groups is 1. The highest BCUT2D eigenvalue weighted by Gasteiger charge is 2.26. The molecule has 0 spiro atoms. The summed E-state index contributed by atoms with van der Waals surface area (Å²) in [7, 11) is -4.04. The van der Waals surface area contributed by atoms with Crippen molar-refractivity contribution in [3.05, 3.63) is 65.7 Å². The normalized spacial score (nSPS) is 11.2. The van der Waals surface area contributed by atoms with Gasteiger partial charge in [-0.05, 0) is 24.6 Å². The van der Waals surface area contributed by atoms with Gasteiger partial charge in [0.1, 0.15) is 6.54 Å². The topological polar surface area (TPSA) is 133 Å². The van der Waals surface area contributed by atoms with Crippen molar-refractivity contribution in [2.45, 2.75) is 17.6 Å². The molecule has 0 unspecified atom stereocenters. The fourth-order valence-corrected chi connectivity index (χ4v) is 4.95. The number of aliphatic carboxylic acids is 1. The maximum Gasteiger partial charge on any atom is 0.318 e. The maximum atomic E-state index is 12.8. The molecule has 0 saturated carbocycles. The zero-order chi connectivity index (χ0) is 24.3. The van der Waals surface area contributed by atoms with Crippen LogP contribution >= 0.6 is 11.8 Å². The first-order chi connectivity index (χ1) is 15.7. The third-order valence-corrected chi connectivity index (χ3v) is 7.31. The Balaban J connectivity index is 1.77. The summed E-state index contributed by atoms with van der Waals surface area (Å²) in [5, 5.41) is 14.1. The highest BCUT2D eigenvalue weighted by molar-refractivity contribution is 7.99. The molecule has 0 saturated heterocycles. The van der Waals surface area contributed by atoms with Gasteiger partial charge in [0.05, 0.1) is 17.2 Å². The quantitative estimate of drug-likeness (QED) is 0.382. The van der Waals surface area contributed by atoms with Crippen LogP contribution in [0.25, 0.3) is 0 Å². The molecule has 0 aliphatic heterocycles. The second-order valence-corrected chi connectivity index (χ2v) is 10.1. The lowest BCUT2D eigenvalue weighted by Gasteiger charge is -2.20. The Bertz CT molecular complexity index is 1040. The molecule has 11 heteroatoms. The van der Waals surface area contributed by atoms with Gasteiger partial charge in [-0.3, -0.25) is 14.4 Å². The average Bonchev–Trinajstić information content (AvgIpc) is 2.78. The molecule has 0 atom stereocenters. The van der Waals surface area contributed by atoms with E-state index in [4.69, 9.17) is 5.11 Å². The van der Waals surface area contributed by atoms with Crippen molar-refractivity contribution in [1.82, 2.24) is 14.9 Å². The van der Waals surface area contributed by atoms with Gasteiger partial charge in [-0.25, -0.2) is 8.42 Å². The zero-order valence-corrected chi connectivity index (χ0v) is 19.8. The van der Waals surface area contributed by atoms with E-state index in [0.717, 1.165) is 15.4 Å². The molecule has 0 aliphatic rings. The van der Waals surface area contributed by atoms with Crippen LogP contribution in [0.1, 0.15) is 11.1 Å². The second-order valence-electron chi connectivity index (χ2n) is 7.15. The first kappa shape index (κ1) is 26.4. The minimum atomic E-state index is -4.04. The molecular formula is C22H27N3O6S2. The Hall–Kier alpha value is -2.89. The summed E-state index contributed by atoms with van der Waals surface area (Å²) in [6, 6.07) is 15.7. The van der Waals surface area contributed by atoms with Gasteiger partial charge >= 0.3 is 5.97 Å². The van der Waals surface area contributed by atoms with Crippen LogP contribution in [0.4, 0.5) is 0 Å². The van der Waals surface area contributed by atoms with Crippen LogP contribution in [0.2, 0.25) is 0 Å². The van der Waals surface area contributed by atoms with Gasteiger partial charge in [-0.15, -0.1) is 11.8 Å². The largest absolute Gasteiger partial charge is 0.480 e. The Morgan fingerprint density at radius 2 is 1.64 bits per heavy atom. The molecule has 178 valence electrons. The van der Waals surface area contributed by atoms with Gasteiger partial charge in [0.15, 0.2) is 0 Å². The number of carbonyl (C=O) groups excluding carboxylic acids is 2. The van der Waals surface area contributed by atoms with Crippen molar-refractivity contribution in [2.75, 3.05) is 31.9 Å². The first-order valence-electron chi connectivity index (χ1n) is 10.1. The molecule has 0 bridgehead atoms. The first-order valence-corrected chi connectivity index (χ1v) is 12.7. The van der Waals surface area contributed by atoms with Crippen LogP contribution in [0.3, 0.4) is 0 Å². The molecule has 2 amide bonds. The molecule has 2 rings (SSSR count). The average molecular weight is 494 g/mol. The molecule has 0 aliphatic carbocycles. The van der Waals surface area contributed by atoms with E-state index in [1.54, 1.807) is 12.1 Å².